The van der Waals surface area contributed by atoms with Gasteiger partial charge in [-0.25, -0.2) is 0 Å². The number of hydrogen-bond acceptors (Lipinski definition) is 6. The average Bonchev–Trinajstić information content (AvgIpc) is 2.66. The van der Waals surface area contributed by atoms with Gasteiger partial charge in [-0.3, -0.25) is 14.9 Å². The molecule has 0 aromatic heterocycles. The predicted octanol–water partition coefficient (Wildman–Crippen LogP) is 4.05. The highest BCUT2D eigenvalue weighted by molar-refractivity contribution is 5.94. The van der Waals surface area contributed by atoms with E-state index in [-0.39, 0.29) is 18.0 Å². The van der Waals surface area contributed by atoms with Crippen LogP contribution in [-0.4, -0.2) is 30.7 Å². The fourth-order valence-corrected chi connectivity index (χ4v) is 2.28. The Hall–Kier alpha value is -3.29. The molecule has 0 saturated carbocycles. The number of benzene rings is 2. The minimum atomic E-state index is -0.575. The molecular weight excluding hydrogens is 364 g/mol. The molecule has 0 saturated heterocycles. The first-order valence-corrected chi connectivity index (χ1v) is 8.95. The van der Waals surface area contributed by atoms with E-state index in [1.54, 1.807) is 37.3 Å². The summed E-state index contributed by atoms with van der Waals surface area (Å²) in [6.45, 7) is 6.54. The highest BCUT2D eigenvalue weighted by Crippen LogP contribution is 2.29. The normalized spacial score (nSPS) is 10.4. The van der Waals surface area contributed by atoms with Crippen LogP contribution in [0.25, 0.3) is 0 Å². The van der Waals surface area contributed by atoms with E-state index < -0.39 is 10.8 Å². The van der Waals surface area contributed by atoms with Crippen molar-refractivity contribution in [2.24, 2.45) is 5.92 Å². The van der Waals surface area contributed by atoms with Crippen LogP contribution < -0.4 is 19.5 Å². The SMILES string of the molecule is CCOc1ccc(NC(=O)COc2cccc(OCC(C)C)c2)c([N+](=O)[O-])c1. The van der Waals surface area contributed by atoms with Gasteiger partial charge in [0, 0.05) is 6.07 Å². The molecule has 0 atom stereocenters. The van der Waals surface area contributed by atoms with Crippen molar-refractivity contribution < 1.29 is 23.9 Å². The molecule has 28 heavy (non-hydrogen) atoms. The van der Waals surface area contributed by atoms with Crippen LogP contribution in [0.4, 0.5) is 11.4 Å². The van der Waals surface area contributed by atoms with Crippen molar-refractivity contribution in [1.82, 2.24) is 0 Å². The molecule has 1 amide bonds. The van der Waals surface area contributed by atoms with Gasteiger partial charge in [-0.05, 0) is 37.1 Å². The van der Waals surface area contributed by atoms with Crippen molar-refractivity contribution in [2.75, 3.05) is 25.1 Å². The van der Waals surface area contributed by atoms with E-state index in [4.69, 9.17) is 14.2 Å². The van der Waals surface area contributed by atoms with E-state index in [2.05, 4.69) is 5.32 Å². The zero-order valence-electron chi connectivity index (χ0n) is 16.1. The number of nitro benzene ring substituents is 1. The maximum absolute atomic E-state index is 12.1. The third-order valence-corrected chi connectivity index (χ3v) is 3.51. The summed E-state index contributed by atoms with van der Waals surface area (Å²) in [5, 5.41) is 13.7. The molecule has 0 spiro atoms. The summed E-state index contributed by atoms with van der Waals surface area (Å²) in [4.78, 5) is 22.8. The van der Waals surface area contributed by atoms with E-state index in [0.29, 0.717) is 36.4 Å². The maximum atomic E-state index is 12.1. The molecule has 0 radical (unpaired) electrons. The van der Waals surface area contributed by atoms with Crippen molar-refractivity contribution in [2.45, 2.75) is 20.8 Å². The minimum Gasteiger partial charge on any atom is -0.494 e. The second-order valence-electron chi connectivity index (χ2n) is 6.39. The van der Waals surface area contributed by atoms with Gasteiger partial charge in [0.05, 0.1) is 24.2 Å². The molecular formula is C20H24N2O6. The van der Waals surface area contributed by atoms with E-state index in [0.717, 1.165) is 0 Å². The quantitative estimate of drug-likeness (QED) is 0.487. The Morgan fingerprint density at radius 2 is 1.75 bits per heavy atom. The standard InChI is InChI=1S/C20H24N2O6/c1-4-26-17-8-9-18(19(11-17)22(24)25)21-20(23)13-28-16-7-5-6-15(10-16)27-12-14(2)3/h5-11,14H,4,12-13H2,1-3H3,(H,21,23). The molecule has 0 aliphatic heterocycles. The fraction of sp³-hybridized carbons (Fsp3) is 0.350. The molecule has 8 heteroatoms. The molecule has 1 N–H and O–H groups in total. The Balaban J connectivity index is 1.97. The summed E-state index contributed by atoms with van der Waals surface area (Å²) < 4.78 is 16.3. The largest absolute Gasteiger partial charge is 0.494 e. The number of nitrogens with zero attached hydrogens (tertiary/aromatic N) is 1. The summed E-state index contributed by atoms with van der Waals surface area (Å²) in [6.07, 6.45) is 0. The highest BCUT2D eigenvalue weighted by Gasteiger charge is 2.17. The Morgan fingerprint density at radius 3 is 2.39 bits per heavy atom. The summed E-state index contributed by atoms with van der Waals surface area (Å²) >= 11 is 0. The number of nitrogens with one attached hydrogen (secondary N) is 1. The number of amides is 1. The van der Waals surface area contributed by atoms with Gasteiger partial charge >= 0.3 is 0 Å². The minimum absolute atomic E-state index is 0.0797. The predicted molar refractivity (Wildman–Crippen MR) is 105 cm³/mol. The molecule has 150 valence electrons. The van der Waals surface area contributed by atoms with Crippen LogP contribution in [0.3, 0.4) is 0 Å². The monoisotopic (exact) mass is 388 g/mol. The third kappa shape index (κ3) is 6.46. The number of anilines is 1. The molecule has 2 aromatic carbocycles. The zero-order valence-corrected chi connectivity index (χ0v) is 16.1. The lowest BCUT2D eigenvalue weighted by atomic mass is 10.2. The lowest BCUT2D eigenvalue weighted by Crippen LogP contribution is -2.20. The van der Waals surface area contributed by atoms with Crippen LogP contribution in [0.15, 0.2) is 42.5 Å². The van der Waals surface area contributed by atoms with Crippen LogP contribution in [0.2, 0.25) is 0 Å². The first-order valence-electron chi connectivity index (χ1n) is 8.95. The van der Waals surface area contributed by atoms with Gasteiger partial charge in [0.15, 0.2) is 6.61 Å². The van der Waals surface area contributed by atoms with Crippen molar-refractivity contribution >= 4 is 17.3 Å². The highest BCUT2D eigenvalue weighted by atomic mass is 16.6. The Kier molecular flexibility index (Phi) is 7.62. The number of rotatable bonds is 10. The molecule has 2 rings (SSSR count). The van der Waals surface area contributed by atoms with Gasteiger partial charge < -0.3 is 19.5 Å². The van der Waals surface area contributed by atoms with E-state index in [1.807, 2.05) is 13.8 Å². The smallest absolute Gasteiger partial charge is 0.296 e. The zero-order chi connectivity index (χ0) is 20.5. The molecule has 0 fully saturated rings. The van der Waals surface area contributed by atoms with E-state index >= 15 is 0 Å². The van der Waals surface area contributed by atoms with Gasteiger partial charge in [-0.15, -0.1) is 0 Å². The summed E-state index contributed by atoms with van der Waals surface area (Å²) in [6, 6.07) is 11.2. The number of ether oxygens (including phenoxy) is 3. The first kappa shape index (κ1) is 21.0. The Bertz CT molecular complexity index is 822. The summed E-state index contributed by atoms with van der Waals surface area (Å²) in [5.74, 6) is 1.36. The van der Waals surface area contributed by atoms with Gasteiger partial charge in [0.2, 0.25) is 0 Å². The van der Waals surface area contributed by atoms with Crippen molar-refractivity contribution in [3.63, 3.8) is 0 Å². The van der Waals surface area contributed by atoms with Crippen LogP contribution in [0.1, 0.15) is 20.8 Å². The molecule has 0 aliphatic rings. The van der Waals surface area contributed by atoms with Gasteiger partial charge in [-0.1, -0.05) is 19.9 Å². The Morgan fingerprint density at radius 1 is 1.07 bits per heavy atom. The van der Waals surface area contributed by atoms with Gasteiger partial charge in [-0.2, -0.15) is 0 Å². The maximum Gasteiger partial charge on any atom is 0.296 e. The van der Waals surface area contributed by atoms with E-state index in [1.165, 1.54) is 12.1 Å². The molecule has 0 unspecified atom stereocenters. The number of nitro groups is 1. The van der Waals surface area contributed by atoms with Crippen LogP contribution in [0, 0.1) is 16.0 Å². The Labute approximate surface area is 163 Å². The van der Waals surface area contributed by atoms with Crippen molar-refractivity contribution in [3.8, 4) is 17.2 Å². The fourth-order valence-electron chi connectivity index (χ4n) is 2.28. The molecule has 8 nitrogen and oxygen atoms in total. The lowest BCUT2D eigenvalue weighted by molar-refractivity contribution is -0.384. The second kappa shape index (κ2) is 10.1. The topological polar surface area (TPSA) is 99.9 Å². The second-order valence-corrected chi connectivity index (χ2v) is 6.39. The third-order valence-electron chi connectivity index (χ3n) is 3.51. The van der Waals surface area contributed by atoms with Gasteiger partial charge in [0.25, 0.3) is 11.6 Å². The van der Waals surface area contributed by atoms with Crippen LogP contribution >= 0.6 is 0 Å². The lowest BCUT2D eigenvalue weighted by Gasteiger charge is -2.11. The van der Waals surface area contributed by atoms with Crippen molar-refractivity contribution in [3.05, 3.63) is 52.6 Å². The number of carbonyl (C=O) groups is 1. The first-order chi connectivity index (χ1) is 13.4. The summed E-state index contributed by atoms with van der Waals surface area (Å²) in [7, 11) is 0. The van der Waals surface area contributed by atoms with E-state index in [9.17, 15) is 14.9 Å². The number of hydrogen-bond donors (Lipinski definition) is 1. The molecule has 0 aliphatic carbocycles. The molecule has 0 bridgehead atoms. The molecule has 2 aromatic rings. The van der Waals surface area contributed by atoms with Crippen LogP contribution in [-0.2, 0) is 4.79 Å². The van der Waals surface area contributed by atoms with Crippen LogP contribution in [0.5, 0.6) is 17.2 Å². The molecule has 0 heterocycles. The number of carbonyl (C=O) groups excluding carboxylic acids is 1. The van der Waals surface area contributed by atoms with Gasteiger partial charge in [0.1, 0.15) is 22.9 Å². The van der Waals surface area contributed by atoms with Crippen molar-refractivity contribution in [1.29, 1.82) is 0 Å². The average molecular weight is 388 g/mol. The summed E-state index contributed by atoms with van der Waals surface area (Å²) in [5.41, 5.74) is -0.167.